The van der Waals surface area contributed by atoms with E-state index in [4.69, 9.17) is 17.3 Å². The predicted molar refractivity (Wildman–Crippen MR) is 92.7 cm³/mol. The zero-order valence-corrected chi connectivity index (χ0v) is 14.5. The molecule has 1 aliphatic rings. The Morgan fingerprint density at radius 2 is 2.36 bits per heavy atom. The van der Waals surface area contributed by atoms with Crippen molar-refractivity contribution in [3.63, 3.8) is 0 Å². The van der Waals surface area contributed by atoms with Gasteiger partial charge in [-0.25, -0.2) is 4.98 Å². The summed E-state index contributed by atoms with van der Waals surface area (Å²) in [5.74, 6) is 0.901. The van der Waals surface area contributed by atoms with Crippen molar-refractivity contribution in [1.82, 2.24) is 10.3 Å². The van der Waals surface area contributed by atoms with Gasteiger partial charge in [0.15, 0.2) is 0 Å². The number of amides is 1. The van der Waals surface area contributed by atoms with Crippen molar-refractivity contribution in [3.05, 3.63) is 23.4 Å². The van der Waals surface area contributed by atoms with Crippen LogP contribution in [0.25, 0.3) is 0 Å². The summed E-state index contributed by atoms with van der Waals surface area (Å²) >= 11 is 6.16. The highest BCUT2D eigenvalue weighted by Crippen LogP contribution is 2.25. The molecule has 2 heterocycles. The van der Waals surface area contributed by atoms with Crippen LogP contribution in [0.5, 0.6) is 0 Å². The summed E-state index contributed by atoms with van der Waals surface area (Å²) in [5.41, 5.74) is 5.96. The Hall–Kier alpha value is -1.04. The number of halogens is 2. The van der Waals surface area contributed by atoms with Crippen LogP contribution in [0, 0.1) is 5.92 Å². The van der Waals surface area contributed by atoms with Crippen LogP contribution in [0.1, 0.15) is 26.7 Å². The molecule has 22 heavy (non-hydrogen) atoms. The molecule has 1 saturated heterocycles. The van der Waals surface area contributed by atoms with E-state index in [0.717, 1.165) is 31.7 Å². The monoisotopic (exact) mass is 346 g/mol. The van der Waals surface area contributed by atoms with Crippen LogP contribution in [0.15, 0.2) is 18.3 Å². The van der Waals surface area contributed by atoms with Gasteiger partial charge in [-0.2, -0.15) is 0 Å². The highest BCUT2D eigenvalue weighted by Gasteiger charge is 2.28. The maximum atomic E-state index is 12.1. The lowest BCUT2D eigenvalue weighted by Crippen LogP contribution is -2.49. The fourth-order valence-electron chi connectivity index (χ4n) is 2.49. The Balaban J connectivity index is 0.00000242. The van der Waals surface area contributed by atoms with E-state index in [0.29, 0.717) is 5.02 Å². The topological polar surface area (TPSA) is 71.2 Å². The molecule has 0 aliphatic carbocycles. The molecule has 1 amide bonds. The second kappa shape index (κ2) is 8.56. The van der Waals surface area contributed by atoms with Gasteiger partial charge in [0, 0.05) is 25.3 Å². The molecule has 7 heteroatoms. The number of nitrogens with two attached hydrogens (primary N) is 1. The summed E-state index contributed by atoms with van der Waals surface area (Å²) in [4.78, 5) is 18.5. The Labute approximate surface area is 143 Å². The van der Waals surface area contributed by atoms with Gasteiger partial charge in [-0.3, -0.25) is 4.79 Å². The normalized spacial score (nSPS) is 20.2. The zero-order chi connectivity index (χ0) is 15.4. The molecule has 0 radical (unpaired) electrons. The van der Waals surface area contributed by atoms with Gasteiger partial charge in [-0.1, -0.05) is 31.9 Å². The summed E-state index contributed by atoms with van der Waals surface area (Å²) < 4.78 is 0. The molecular formula is C15H24Cl2N4O. The van der Waals surface area contributed by atoms with E-state index in [2.05, 4.69) is 15.2 Å². The number of aromatic nitrogens is 1. The summed E-state index contributed by atoms with van der Waals surface area (Å²) in [7, 11) is 0. The molecule has 1 fully saturated rings. The van der Waals surface area contributed by atoms with Gasteiger partial charge in [0.1, 0.15) is 5.82 Å². The quantitative estimate of drug-likeness (QED) is 0.857. The summed E-state index contributed by atoms with van der Waals surface area (Å²) in [6.45, 7) is 5.59. The van der Waals surface area contributed by atoms with Gasteiger partial charge < -0.3 is 16.0 Å². The van der Waals surface area contributed by atoms with Crippen LogP contribution in [-0.2, 0) is 4.79 Å². The highest BCUT2D eigenvalue weighted by molar-refractivity contribution is 6.32. The van der Waals surface area contributed by atoms with Crippen molar-refractivity contribution < 1.29 is 4.79 Å². The minimum absolute atomic E-state index is 0. The molecule has 5 nitrogen and oxygen atoms in total. The maximum absolute atomic E-state index is 12.1. The second-order valence-corrected chi connectivity index (χ2v) is 6.07. The lowest BCUT2D eigenvalue weighted by molar-refractivity contribution is -0.124. The van der Waals surface area contributed by atoms with E-state index in [1.54, 1.807) is 6.20 Å². The summed E-state index contributed by atoms with van der Waals surface area (Å²) in [6.07, 6.45) is 3.51. The van der Waals surface area contributed by atoms with E-state index >= 15 is 0 Å². The smallest absolute Gasteiger partial charge is 0.237 e. The van der Waals surface area contributed by atoms with Gasteiger partial charge in [0.05, 0.1) is 11.1 Å². The predicted octanol–water partition coefficient (Wildman–Crippen LogP) is 2.23. The molecule has 2 rings (SSSR count). The lowest BCUT2D eigenvalue weighted by atomic mass is 9.99. The second-order valence-electron chi connectivity index (χ2n) is 5.66. The molecule has 1 aliphatic heterocycles. The van der Waals surface area contributed by atoms with E-state index in [1.807, 2.05) is 26.0 Å². The van der Waals surface area contributed by atoms with Gasteiger partial charge in [0.25, 0.3) is 0 Å². The van der Waals surface area contributed by atoms with Gasteiger partial charge in [-0.15, -0.1) is 12.4 Å². The third kappa shape index (κ3) is 4.48. The van der Waals surface area contributed by atoms with Gasteiger partial charge in [-0.05, 0) is 24.5 Å². The molecule has 3 atom stereocenters. The molecule has 0 bridgehead atoms. The lowest BCUT2D eigenvalue weighted by Gasteiger charge is -2.22. The number of pyridine rings is 1. The molecule has 1 aromatic rings. The van der Waals surface area contributed by atoms with Gasteiger partial charge >= 0.3 is 0 Å². The Kier molecular flexibility index (Phi) is 7.39. The number of carbonyl (C=O) groups excluding carboxylic acids is 1. The molecule has 1 aromatic heterocycles. The fraction of sp³-hybridized carbons (Fsp3) is 0.600. The molecule has 3 N–H and O–H groups in total. The number of rotatable bonds is 5. The van der Waals surface area contributed by atoms with Crippen molar-refractivity contribution in [3.8, 4) is 0 Å². The zero-order valence-electron chi connectivity index (χ0n) is 13.0. The van der Waals surface area contributed by atoms with Crippen molar-refractivity contribution in [2.75, 3.05) is 18.0 Å². The summed E-state index contributed by atoms with van der Waals surface area (Å²) in [6, 6.07) is 3.30. The molecule has 124 valence electrons. The number of anilines is 1. The molecule has 3 unspecified atom stereocenters. The third-order valence-electron chi connectivity index (χ3n) is 4.13. The Morgan fingerprint density at radius 3 is 3.00 bits per heavy atom. The number of hydrogen-bond acceptors (Lipinski definition) is 4. The SMILES string of the molecule is CCC(C)C(N)C(=O)NC1CCN(c2ncccc2Cl)C1.Cl. The van der Waals surface area contributed by atoms with Crippen LogP contribution in [0.2, 0.25) is 5.02 Å². The number of nitrogens with one attached hydrogen (secondary N) is 1. The first-order valence-electron chi connectivity index (χ1n) is 7.44. The standard InChI is InChI=1S/C15H23ClN4O.ClH/c1-3-10(2)13(17)15(21)19-11-6-8-20(9-11)14-12(16)5-4-7-18-14;/h4-5,7,10-11,13H,3,6,8-9,17H2,1-2H3,(H,19,21);1H. The van der Waals surface area contributed by atoms with Crippen molar-refractivity contribution >= 4 is 35.7 Å². The van der Waals surface area contributed by atoms with Crippen LogP contribution >= 0.6 is 24.0 Å². The number of carbonyl (C=O) groups is 1. The molecule has 0 aromatic carbocycles. The van der Waals surface area contributed by atoms with Crippen molar-refractivity contribution in [2.24, 2.45) is 11.7 Å². The number of hydrogen-bond donors (Lipinski definition) is 2. The average molecular weight is 347 g/mol. The van der Waals surface area contributed by atoms with Crippen molar-refractivity contribution in [2.45, 2.75) is 38.8 Å². The van der Waals surface area contributed by atoms with Crippen LogP contribution in [0.4, 0.5) is 5.82 Å². The largest absolute Gasteiger partial charge is 0.353 e. The first kappa shape index (κ1) is 19.0. The third-order valence-corrected chi connectivity index (χ3v) is 4.43. The average Bonchev–Trinajstić information content (AvgIpc) is 2.94. The minimum Gasteiger partial charge on any atom is -0.353 e. The van der Waals surface area contributed by atoms with E-state index in [-0.39, 0.29) is 30.3 Å². The Morgan fingerprint density at radius 1 is 1.64 bits per heavy atom. The molecule has 0 saturated carbocycles. The van der Waals surface area contributed by atoms with E-state index in [1.165, 1.54) is 0 Å². The minimum atomic E-state index is -0.442. The summed E-state index contributed by atoms with van der Waals surface area (Å²) in [5, 5.41) is 3.68. The first-order valence-corrected chi connectivity index (χ1v) is 7.82. The van der Waals surface area contributed by atoms with E-state index < -0.39 is 6.04 Å². The first-order chi connectivity index (χ1) is 10.0. The van der Waals surface area contributed by atoms with E-state index in [9.17, 15) is 4.79 Å². The maximum Gasteiger partial charge on any atom is 0.237 e. The van der Waals surface area contributed by atoms with Crippen LogP contribution in [0.3, 0.4) is 0 Å². The van der Waals surface area contributed by atoms with Crippen LogP contribution in [-0.4, -0.2) is 36.1 Å². The van der Waals surface area contributed by atoms with Crippen molar-refractivity contribution in [1.29, 1.82) is 0 Å². The highest BCUT2D eigenvalue weighted by atomic mass is 35.5. The molecular weight excluding hydrogens is 323 g/mol. The number of nitrogens with zero attached hydrogens (tertiary/aromatic N) is 2. The van der Waals surface area contributed by atoms with Gasteiger partial charge in [0.2, 0.25) is 5.91 Å². The Bertz CT molecular complexity index is 500. The van der Waals surface area contributed by atoms with Crippen LogP contribution < -0.4 is 16.0 Å². The molecule has 0 spiro atoms. The fourth-order valence-corrected chi connectivity index (χ4v) is 2.73.